The summed E-state index contributed by atoms with van der Waals surface area (Å²) < 4.78 is 0. The second-order valence-electron chi connectivity index (χ2n) is 1.36. The van der Waals surface area contributed by atoms with E-state index in [1.807, 2.05) is 0 Å². The van der Waals surface area contributed by atoms with Crippen molar-refractivity contribution in [3.05, 3.63) is 0 Å². The van der Waals surface area contributed by atoms with Crippen LogP contribution in [0, 0.1) is 5.41 Å². The summed E-state index contributed by atoms with van der Waals surface area (Å²) in [6.45, 7) is 0. The van der Waals surface area contributed by atoms with Crippen LogP contribution < -0.4 is 22.1 Å². The quantitative estimate of drug-likeness (QED) is 0.204. The van der Waals surface area contributed by atoms with Gasteiger partial charge in [-0.05, 0) is 0 Å². The molecule has 56 valence electrons. The number of carbonyl (C=O) groups is 2. The minimum atomic E-state index is -1.00. The normalized spacial score (nSPS) is 8.00. The number of amides is 4. The third-order valence-corrected chi connectivity index (χ3v) is 0.485. The second kappa shape index (κ2) is 3.28. The molecule has 0 aromatic carbocycles. The van der Waals surface area contributed by atoms with Gasteiger partial charge in [-0.3, -0.25) is 16.0 Å². The molecule has 7 heteroatoms. The molecule has 0 aromatic heterocycles. The molecule has 0 saturated carbocycles. The average molecular weight is 145 g/mol. The molecule has 0 fully saturated rings. The second-order valence-corrected chi connectivity index (χ2v) is 1.36. The molecule has 0 heterocycles. The van der Waals surface area contributed by atoms with Crippen molar-refractivity contribution in [2.75, 3.05) is 0 Å². The van der Waals surface area contributed by atoms with Crippen molar-refractivity contribution in [2.45, 2.75) is 0 Å². The van der Waals surface area contributed by atoms with E-state index in [0.29, 0.717) is 0 Å². The first-order chi connectivity index (χ1) is 4.52. The van der Waals surface area contributed by atoms with Gasteiger partial charge < -0.3 is 11.5 Å². The Kier molecular flexibility index (Phi) is 2.69. The fourth-order valence-electron chi connectivity index (χ4n) is 0.265. The van der Waals surface area contributed by atoms with Gasteiger partial charge in [-0.1, -0.05) is 0 Å². The average Bonchev–Trinajstić information content (AvgIpc) is 1.58. The molecule has 0 bridgehead atoms. The fraction of sp³-hybridized carbons (Fsp3) is 0. The first-order valence-corrected chi connectivity index (χ1v) is 2.24. The van der Waals surface area contributed by atoms with Crippen molar-refractivity contribution in [2.24, 2.45) is 11.5 Å². The molecule has 7 nitrogen and oxygen atoms in total. The van der Waals surface area contributed by atoms with Gasteiger partial charge >= 0.3 is 12.1 Å². The van der Waals surface area contributed by atoms with Crippen molar-refractivity contribution >= 4 is 18.0 Å². The highest BCUT2D eigenvalue weighted by atomic mass is 16.2. The smallest absolute Gasteiger partial charge is 0.329 e. The van der Waals surface area contributed by atoms with E-state index in [2.05, 4.69) is 5.73 Å². The van der Waals surface area contributed by atoms with Gasteiger partial charge in [0.05, 0.1) is 0 Å². The van der Waals surface area contributed by atoms with E-state index >= 15 is 0 Å². The fourth-order valence-corrected chi connectivity index (χ4v) is 0.265. The van der Waals surface area contributed by atoms with Gasteiger partial charge in [-0.15, -0.1) is 0 Å². The van der Waals surface area contributed by atoms with Crippen LogP contribution in [-0.4, -0.2) is 18.0 Å². The SMILES string of the molecule is N=C(N)NC(=O)NC(N)=O. The molecule has 0 saturated heterocycles. The molecular weight excluding hydrogens is 138 g/mol. The van der Waals surface area contributed by atoms with E-state index in [1.165, 1.54) is 0 Å². The summed E-state index contributed by atoms with van der Waals surface area (Å²) in [4.78, 5) is 20.3. The van der Waals surface area contributed by atoms with Crippen LogP contribution in [0.15, 0.2) is 0 Å². The largest absolute Gasteiger partial charge is 0.370 e. The molecule has 0 aliphatic heterocycles. The van der Waals surface area contributed by atoms with E-state index < -0.39 is 18.0 Å². The standard InChI is InChI=1S/C3H7N5O2/c4-1(5)7-3(10)8-2(6)9/h(H7,4,5,6,7,8,9,10). The van der Waals surface area contributed by atoms with Crippen molar-refractivity contribution in [1.29, 1.82) is 5.41 Å². The third-order valence-electron chi connectivity index (χ3n) is 0.485. The maximum absolute atomic E-state index is 10.3. The number of urea groups is 2. The van der Waals surface area contributed by atoms with E-state index in [0.717, 1.165) is 0 Å². The van der Waals surface area contributed by atoms with Crippen LogP contribution in [0.3, 0.4) is 0 Å². The minimum absolute atomic E-state index is 0.557. The number of primary amides is 1. The van der Waals surface area contributed by atoms with Gasteiger partial charge in [0.2, 0.25) is 0 Å². The maximum atomic E-state index is 10.3. The third kappa shape index (κ3) is 4.37. The highest BCUT2D eigenvalue weighted by molar-refractivity contribution is 6.00. The van der Waals surface area contributed by atoms with E-state index in [9.17, 15) is 9.59 Å². The molecule has 7 N–H and O–H groups in total. The van der Waals surface area contributed by atoms with E-state index in [1.54, 1.807) is 10.6 Å². The monoisotopic (exact) mass is 145 g/mol. The molecule has 0 spiro atoms. The predicted molar refractivity (Wildman–Crippen MR) is 33.2 cm³/mol. The van der Waals surface area contributed by atoms with Crippen molar-refractivity contribution < 1.29 is 9.59 Å². The Morgan fingerprint density at radius 3 is 2.00 bits per heavy atom. The number of imide groups is 1. The van der Waals surface area contributed by atoms with Crippen LogP contribution in [0.5, 0.6) is 0 Å². The number of carbonyl (C=O) groups excluding carboxylic acids is 2. The number of rotatable bonds is 0. The summed E-state index contributed by atoms with van der Waals surface area (Å²) in [5, 5.41) is 9.95. The first kappa shape index (κ1) is 8.21. The number of nitrogens with one attached hydrogen (secondary N) is 3. The van der Waals surface area contributed by atoms with Gasteiger partial charge in [-0.25, -0.2) is 9.59 Å². The first-order valence-electron chi connectivity index (χ1n) is 2.24. The zero-order valence-corrected chi connectivity index (χ0v) is 4.97. The van der Waals surface area contributed by atoms with Crippen LogP contribution in [0.25, 0.3) is 0 Å². The molecule has 0 atom stereocenters. The van der Waals surface area contributed by atoms with Gasteiger partial charge in [0.15, 0.2) is 5.96 Å². The topological polar surface area (TPSA) is 134 Å². The zero-order valence-electron chi connectivity index (χ0n) is 4.97. The highest BCUT2D eigenvalue weighted by Crippen LogP contribution is 1.60. The van der Waals surface area contributed by atoms with Crippen LogP contribution in [0.2, 0.25) is 0 Å². The molecule has 10 heavy (non-hydrogen) atoms. The van der Waals surface area contributed by atoms with E-state index in [-0.39, 0.29) is 0 Å². The molecule has 0 rings (SSSR count). The number of hydrogen-bond acceptors (Lipinski definition) is 3. The van der Waals surface area contributed by atoms with Gasteiger partial charge in [0.1, 0.15) is 0 Å². The molecule has 0 aromatic rings. The summed E-state index contributed by atoms with van der Waals surface area (Å²) in [5.41, 5.74) is 9.28. The lowest BCUT2D eigenvalue weighted by Crippen LogP contribution is -2.46. The Morgan fingerprint density at radius 2 is 1.70 bits per heavy atom. The summed E-state index contributed by atoms with van der Waals surface area (Å²) in [7, 11) is 0. The summed E-state index contributed by atoms with van der Waals surface area (Å²) in [6.07, 6.45) is 0. The Morgan fingerprint density at radius 1 is 1.20 bits per heavy atom. The summed E-state index contributed by atoms with van der Waals surface area (Å²) in [6, 6.07) is -1.92. The molecule has 0 radical (unpaired) electrons. The van der Waals surface area contributed by atoms with Gasteiger partial charge in [0, 0.05) is 0 Å². The summed E-state index contributed by atoms with van der Waals surface area (Å²) in [5.74, 6) is -0.557. The summed E-state index contributed by atoms with van der Waals surface area (Å²) >= 11 is 0. The molecular formula is C3H7N5O2. The lowest BCUT2D eigenvalue weighted by atomic mass is 10.8. The molecule has 4 amide bonds. The lowest BCUT2D eigenvalue weighted by molar-refractivity contribution is 0.234. The molecule has 0 unspecified atom stereocenters. The maximum Gasteiger partial charge on any atom is 0.329 e. The number of guanidine groups is 1. The van der Waals surface area contributed by atoms with Crippen LogP contribution in [0.4, 0.5) is 9.59 Å². The van der Waals surface area contributed by atoms with Crippen LogP contribution in [0.1, 0.15) is 0 Å². The molecule has 0 aliphatic carbocycles. The minimum Gasteiger partial charge on any atom is -0.370 e. The zero-order chi connectivity index (χ0) is 8.15. The van der Waals surface area contributed by atoms with Crippen molar-refractivity contribution in [3.63, 3.8) is 0 Å². The highest BCUT2D eigenvalue weighted by Gasteiger charge is 2.01. The van der Waals surface area contributed by atoms with Gasteiger partial charge in [0.25, 0.3) is 0 Å². The van der Waals surface area contributed by atoms with Crippen LogP contribution >= 0.6 is 0 Å². The van der Waals surface area contributed by atoms with Crippen LogP contribution in [-0.2, 0) is 0 Å². The van der Waals surface area contributed by atoms with Crippen molar-refractivity contribution in [3.8, 4) is 0 Å². The predicted octanol–water partition coefficient (Wildman–Crippen LogP) is -1.74. The Balaban J connectivity index is 3.65. The van der Waals surface area contributed by atoms with E-state index in [4.69, 9.17) is 11.1 Å². The lowest BCUT2D eigenvalue weighted by Gasteiger charge is -1.99. The Bertz CT molecular complexity index is 158. The number of hydrogen-bond donors (Lipinski definition) is 5. The molecule has 0 aliphatic rings. The van der Waals surface area contributed by atoms with Gasteiger partial charge in [-0.2, -0.15) is 0 Å². The Hall–Kier alpha value is -1.79. The van der Waals surface area contributed by atoms with Crippen molar-refractivity contribution in [1.82, 2.24) is 10.6 Å². The Labute approximate surface area is 56.3 Å². The number of nitrogens with two attached hydrogens (primary N) is 2.